The van der Waals surface area contributed by atoms with Gasteiger partial charge in [-0.2, -0.15) is 5.10 Å². The minimum absolute atomic E-state index is 0.146. The average molecular weight is 419 g/mol. The van der Waals surface area contributed by atoms with Gasteiger partial charge in [-0.15, -0.1) is 0 Å². The van der Waals surface area contributed by atoms with E-state index in [0.29, 0.717) is 16.9 Å². The Balaban J connectivity index is 1.47. The lowest BCUT2D eigenvalue weighted by Gasteiger charge is -2.10. The smallest absolute Gasteiger partial charge is 0.261 e. The molecule has 0 saturated carbocycles. The van der Waals surface area contributed by atoms with Crippen LogP contribution in [0.3, 0.4) is 0 Å². The summed E-state index contributed by atoms with van der Waals surface area (Å²) < 4.78 is 29.1. The van der Waals surface area contributed by atoms with Gasteiger partial charge in [0.05, 0.1) is 10.6 Å². The topological polar surface area (TPSA) is 106 Å². The molecule has 0 bridgehead atoms. The largest absolute Gasteiger partial charge is 0.322 e. The maximum atomic E-state index is 12.6. The fourth-order valence-electron chi connectivity index (χ4n) is 2.78. The van der Waals surface area contributed by atoms with Crippen LogP contribution in [0.2, 0.25) is 0 Å². The van der Waals surface area contributed by atoms with Crippen LogP contribution in [-0.4, -0.2) is 29.1 Å². The number of nitrogens with zero attached hydrogens (tertiary/aromatic N) is 3. The van der Waals surface area contributed by atoms with Gasteiger partial charge in [-0.05, 0) is 54.6 Å². The molecule has 0 aliphatic heterocycles. The molecule has 9 heteroatoms. The Labute approximate surface area is 173 Å². The second-order valence-corrected chi connectivity index (χ2v) is 8.02. The van der Waals surface area contributed by atoms with Crippen LogP contribution in [0.25, 0.3) is 5.69 Å². The van der Waals surface area contributed by atoms with Gasteiger partial charge in [0.25, 0.3) is 15.9 Å². The van der Waals surface area contributed by atoms with Gasteiger partial charge in [0.2, 0.25) is 0 Å². The lowest BCUT2D eigenvalue weighted by molar-refractivity contribution is 0.102. The van der Waals surface area contributed by atoms with E-state index in [-0.39, 0.29) is 10.8 Å². The van der Waals surface area contributed by atoms with E-state index in [1.54, 1.807) is 71.7 Å². The van der Waals surface area contributed by atoms with E-state index < -0.39 is 10.0 Å². The standard InChI is InChI=1S/C21H17N5O3S/c27-21(24-17-9-11-19(12-10-17)26-15-22-14-23-26)16-5-4-6-18(13-16)25-30(28,29)20-7-2-1-3-8-20/h1-15,25H,(H,24,27). The number of rotatable bonds is 6. The molecule has 4 aromatic rings. The quantitative estimate of drug-likeness (QED) is 0.499. The molecular weight excluding hydrogens is 402 g/mol. The van der Waals surface area contributed by atoms with Gasteiger partial charge in [0, 0.05) is 16.9 Å². The van der Waals surface area contributed by atoms with Crippen molar-refractivity contribution >= 4 is 27.3 Å². The van der Waals surface area contributed by atoms with Crippen molar-refractivity contribution in [3.05, 3.63) is 97.1 Å². The molecule has 0 atom stereocenters. The minimum atomic E-state index is -3.74. The Hall–Kier alpha value is -3.98. The summed E-state index contributed by atoms with van der Waals surface area (Å²) >= 11 is 0. The number of hydrogen-bond donors (Lipinski definition) is 2. The molecular formula is C21H17N5O3S. The van der Waals surface area contributed by atoms with Crippen molar-refractivity contribution in [2.75, 3.05) is 10.0 Å². The second-order valence-electron chi connectivity index (χ2n) is 6.34. The third-order valence-electron chi connectivity index (χ3n) is 4.24. The number of sulfonamides is 1. The van der Waals surface area contributed by atoms with Crippen molar-refractivity contribution in [1.82, 2.24) is 14.8 Å². The molecule has 0 radical (unpaired) electrons. The van der Waals surface area contributed by atoms with Gasteiger partial charge in [-0.25, -0.2) is 18.1 Å². The summed E-state index contributed by atoms with van der Waals surface area (Å²) in [4.78, 5) is 16.6. The van der Waals surface area contributed by atoms with Crippen LogP contribution < -0.4 is 10.0 Å². The molecule has 1 heterocycles. The van der Waals surface area contributed by atoms with E-state index in [9.17, 15) is 13.2 Å². The van der Waals surface area contributed by atoms with Crippen LogP contribution in [0.4, 0.5) is 11.4 Å². The molecule has 4 rings (SSSR count). The second kappa shape index (κ2) is 8.18. The summed E-state index contributed by atoms with van der Waals surface area (Å²) in [6.07, 6.45) is 3.02. The van der Waals surface area contributed by atoms with E-state index in [1.807, 2.05) is 0 Å². The highest BCUT2D eigenvalue weighted by atomic mass is 32.2. The molecule has 150 valence electrons. The molecule has 0 saturated heterocycles. The number of amides is 1. The van der Waals surface area contributed by atoms with Gasteiger partial charge in [-0.1, -0.05) is 24.3 Å². The zero-order valence-electron chi connectivity index (χ0n) is 15.6. The molecule has 0 spiro atoms. The Bertz CT molecular complexity index is 1260. The van der Waals surface area contributed by atoms with Crippen molar-refractivity contribution in [3.63, 3.8) is 0 Å². The highest BCUT2D eigenvalue weighted by Gasteiger charge is 2.14. The van der Waals surface area contributed by atoms with Gasteiger partial charge >= 0.3 is 0 Å². The van der Waals surface area contributed by atoms with Gasteiger partial charge in [0.15, 0.2) is 0 Å². The molecule has 0 aliphatic rings. The van der Waals surface area contributed by atoms with Crippen LogP contribution >= 0.6 is 0 Å². The highest BCUT2D eigenvalue weighted by molar-refractivity contribution is 7.92. The lowest BCUT2D eigenvalue weighted by atomic mass is 10.2. The molecule has 0 fully saturated rings. The molecule has 0 aliphatic carbocycles. The van der Waals surface area contributed by atoms with E-state index in [0.717, 1.165) is 5.69 Å². The zero-order valence-corrected chi connectivity index (χ0v) is 16.5. The first-order valence-electron chi connectivity index (χ1n) is 8.96. The normalized spacial score (nSPS) is 11.1. The van der Waals surface area contributed by atoms with Crippen molar-refractivity contribution in [2.24, 2.45) is 0 Å². The van der Waals surface area contributed by atoms with Gasteiger partial charge < -0.3 is 5.32 Å². The Morgan fingerprint density at radius 3 is 2.33 bits per heavy atom. The predicted octanol–water partition coefficient (Wildman–Crippen LogP) is 3.32. The van der Waals surface area contributed by atoms with E-state index >= 15 is 0 Å². The zero-order chi connectivity index (χ0) is 21.0. The third kappa shape index (κ3) is 4.36. The summed E-state index contributed by atoms with van der Waals surface area (Å²) in [5.74, 6) is -0.357. The predicted molar refractivity (Wildman–Crippen MR) is 113 cm³/mol. The van der Waals surface area contributed by atoms with E-state index in [1.165, 1.54) is 24.5 Å². The number of aromatic nitrogens is 3. The lowest BCUT2D eigenvalue weighted by Crippen LogP contribution is -2.15. The first-order valence-corrected chi connectivity index (χ1v) is 10.4. The van der Waals surface area contributed by atoms with E-state index in [4.69, 9.17) is 0 Å². The van der Waals surface area contributed by atoms with Gasteiger partial charge in [0.1, 0.15) is 12.7 Å². The SMILES string of the molecule is O=C(Nc1ccc(-n2cncn2)cc1)c1cccc(NS(=O)(=O)c2ccccc2)c1. The van der Waals surface area contributed by atoms with Crippen LogP contribution in [0, 0.1) is 0 Å². The summed E-state index contributed by atoms with van der Waals surface area (Å²) in [5.41, 5.74) is 2.03. The molecule has 0 unspecified atom stereocenters. The Morgan fingerprint density at radius 2 is 1.63 bits per heavy atom. The number of benzene rings is 3. The number of carbonyl (C=O) groups is 1. The summed E-state index contributed by atoms with van der Waals surface area (Å²) in [6.45, 7) is 0. The Kier molecular flexibility index (Phi) is 5.27. The maximum Gasteiger partial charge on any atom is 0.261 e. The van der Waals surface area contributed by atoms with Crippen LogP contribution in [-0.2, 0) is 10.0 Å². The maximum absolute atomic E-state index is 12.6. The fourth-order valence-corrected chi connectivity index (χ4v) is 3.85. The average Bonchev–Trinajstić information content (AvgIpc) is 3.30. The number of nitrogens with one attached hydrogen (secondary N) is 2. The number of hydrogen-bond acceptors (Lipinski definition) is 5. The fraction of sp³-hybridized carbons (Fsp3) is 0. The van der Waals surface area contributed by atoms with Crippen LogP contribution in [0.15, 0.2) is 96.4 Å². The van der Waals surface area contributed by atoms with Crippen molar-refractivity contribution in [2.45, 2.75) is 4.90 Å². The van der Waals surface area contributed by atoms with Crippen molar-refractivity contribution in [1.29, 1.82) is 0 Å². The molecule has 2 N–H and O–H groups in total. The van der Waals surface area contributed by atoms with Crippen LogP contribution in [0.1, 0.15) is 10.4 Å². The number of anilines is 2. The molecule has 30 heavy (non-hydrogen) atoms. The highest BCUT2D eigenvalue weighted by Crippen LogP contribution is 2.19. The molecule has 1 amide bonds. The van der Waals surface area contributed by atoms with Crippen LogP contribution in [0.5, 0.6) is 0 Å². The van der Waals surface area contributed by atoms with E-state index in [2.05, 4.69) is 20.1 Å². The summed E-state index contributed by atoms with van der Waals surface area (Å²) in [5, 5.41) is 6.84. The molecule has 8 nitrogen and oxygen atoms in total. The molecule has 3 aromatic carbocycles. The van der Waals surface area contributed by atoms with Crippen molar-refractivity contribution < 1.29 is 13.2 Å². The van der Waals surface area contributed by atoms with Gasteiger partial charge in [-0.3, -0.25) is 9.52 Å². The summed E-state index contributed by atoms with van der Waals surface area (Å²) in [7, 11) is -3.74. The Morgan fingerprint density at radius 1 is 0.867 bits per heavy atom. The number of carbonyl (C=O) groups excluding carboxylic acids is 1. The third-order valence-corrected chi connectivity index (χ3v) is 5.64. The first kappa shape index (κ1) is 19.3. The monoisotopic (exact) mass is 419 g/mol. The minimum Gasteiger partial charge on any atom is -0.322 e. The first-order chi connectivity index (χ1) is 14.5. The van der Waals surface area contributed by atoms with Crippen molar-refractivity contribution in [3.8, 4) is 5.69 Å². The molecule has 1 aromatic heterocycles. The summed E-state index contributed by atoms with van der Waals surface area (Å²) in [6, 6.07) is 21.4.